The van der Waals surface area contributed by atoms with Gasteiger partial charge in [0.1, 0.15) is 11.5 Å². The lowest BCUT2D eigenvalue weighted by Gasteiger charge is -2.29. The normalized spacial score (nSPS) is 16.8. The van der Waals surface area contributed by atoms with Crippen molar-refractivity contribution < 1.29 is 13.9 Å². The van der Waals surface area contributed by atoms with Gasteiger partial charge < -0.3 is 10.1 Å². The second-order valence-corrected chi connectivity index (χ2v) is 5.96. The van der Waals surface area contributed by atoms with E-state index in [1.54, 1.807) is 18.2 Å². The molecule has 1 amide bonds. The molecular weight excluding hydrogens is 311 g/mol. The van der Waals surface area contributed by atoms with Crippen LogP contribution in [0.5, 0.6) is 0 Å². The first-order valence-electron chi connectivity index (χ1n) is 8.04. The van der Waals surface area contributed by atoms with E-state index in [2.05, 4.69) is 20.4 Å². The molecule has 2 heterocycles. The van der Waals surface area contributed by atoms with Gasteiger partial charge in [0.25, 0.3) is 5.91 Å². The third kappa shape index (κ3) is 4.18. The molecule has 2 aromatic rings. The van der Waals surface area contributed by atoms with Crippen molar-refractivity contribution in [2.75, 3.05) is 32.8 Å². The third-order valence-corrected chi connectivity index (χ3v) is 3.98. The van der Waals surface area contributed by atoms with Crippen molar-refractivity contribution in [1.82, 2.24) is 20.4 Å². The van der Waals surface area contributed by atoms with Gasteiger partial charge in [0, 0.05) is 31.2 Å². The first-order valence-corrected chi connectivity index (χ1v) is 8.04. The van der Waals surface area contributed by atoms with Crippen molar-refractivity contribution >= 4 is 5.91 Å². The molecule has 3 rings (SSSR count). The SMILES string of the molecule is C[C@H](CN1CCOCC1)NC(=O)c1cc(-c2ccc(F)cc2)n[nH]1. The molecule has 128 valence electrons. The summed E-state index contributed by atoms with van der Waals surface area (Å²) in [7, 11) is 0. The van der Waals surface area contributed by atoms with E-state index in [-0.39, 0.29) is 17.8 Å². The second kappa shape index (κ2) is 7.55. The fourth-order valence-electron chi connectivity index (χ4n) is 2.72. The molecule has 0 spiro atoms. The maximum Gasteiger partial charge on any atom is 0.269 e. The Morgan fingerprint density at radius 2 is 2.08 bits per heavy atom. The Morgan fingerprint density at radius 1 is 1.38 bits per heavy atom. The molecule has 6 nitrogen and oxygen atoms in total. The number of carbonyl (C=O) groups is 1. The minimum absolute atomic E-state index is 0.0215. The number of ether oxygens (including phenoxy) is 1. The molecule has 1 aliphatic heterocycles. The van der Waals surface area contributed by atoms with Gasteiger partial charge in [-0.05, 0) is 37.3 Å². The van der Waals surface area contributed by atoms with Crippen LogP contribution in [0.4, 0.5) is 4.39 Å². The van der Waals surface area contributed by atoms with E-state index >= 15 is 0 Å². The number of morpholine rings is 1. The van der Waals surface area contributed by atoms with E-state index in [1.165, 1.54) is 12.1 Å². The van der Waals surface area contributed by atoms with Crippen LogP contribution in [0.25, 0.3) is 11.3 Å². The van der Waals surface area contributed by atoms with E-state index in [0.717, 1.165) is 38.4 Å². The van der Waals surface area contributed by atoms with Crippen LogP contribution in [0.15, 0.2) is 30.3 Å². The monoisotopic (exact) mass is 332 g/mol. The largest absolute Gasteiger partial charge is 0.379 e. The number of benzene rings is 1. The summed E-state index contributed by atoms with van der Waals surface area (Å²) in [6, 6.07) is 7.70. The number of H-pyrrole nitrogens is 1. The maximum absolute atomic E-state index is 13.0. The number of nitrogens with one attached hydrogen (secondary N) is 2. The highest BCUT2D eigenvalue weighted by molar-refractivity contribution is 5.93. The Morgan fingerprint density at radius 3 is 2.79 bits per heavy atom. The highest BCUT2D eigenvalue weighted by atomic mass is 19.1. The van der Waals surface area contributed by atoms with Crippen LogP contribution in [-0.2, 0) is 4.74 Å². The maximum atomic E-state index is 13.0. The molecule has 1 aliphatic rings. The van der Waals surface area contributed by atoms with Crippen LogP contribution >= 0.6 is 0 Å². The number of carbonyl (C=O) groups excluding carboxylic acids is 1. The van der Waals surface area contributed by atoms with Gasteiger partial charge in [0.05, 0.1) is 18.9 Å². The van der Waals surface area contributed by atoms with E-state index in [9.17, 15) is 9.18 Å². The van der Waals surface area contributed by atoms with Crippen molar-refractivity contribution in [2.24, 2.45) is 0 Å². The highest BCUT2D eigenvalue weighted by Crippen LogP contribution is 2.18. The lowest BCUT2D eigenvalue weighted by molar-refractivity contribution is 0.0342. The standard InChI is InChI=1S/C17H21FN4O2/c1-12(11-22-6-8-24-9-7-22)19-17(23)16-10-15(20-21-16)13-2-4-14(18)5-3-13/h2-5,10,12H,6-9,11H2,1H3,(H,19,23)(H,20,21)/t12-/m1/s1. The summed E-state index contributed by atoms with van der Waals surface area (Å²) in [5.41, 5.74) is 1.76. The van der Waals surface area contributed by atoms with Crippen LogP contribution in [0, 0.1) is 5.82 Å². The summed E-state index contributed by atoms with van der Waals surface area (Å²) in [5, 5.41) is 9.83. The molecule has 0 bridgehead atoms. The predicted octanol–water partition coefficient (Wildman–Crippen LogP) is 1.67. The van der Waals surface area contributed by atoms with Gasteiger partial charge in [0.2, 0.25) is 0 Å². The number of nitrogens with zero attached hydrogens (tertiary/aromatic N) is 2. The van der Waals surface area contributed by atoms with Crippen LogP contribution in [0.3, 0.4) is 0 Å². The molecule has 1 aromatic carbocycles. The summed E-state index contributed by atoms with van der Waals surface area (Å²) in [6.07, 6.45) is 0. The molecule has 0 aliphatic carbocycles. The molecule has 2 N–H and O–H groups in total. The Kier molecular flexibility index (Phi) is 5.22. The van der Waals surface area contributed by atoms with Crippen LogP contribution in [-0.4, -0.2) is 59.9 Å². The number of rotatable bonds is 5. The van der Waals surface area contributed by atoms with Crippen LogP contribution < -0.4 is 5.32 Å². The van der Waals surface area contributed by atoms with Gasteiger partial charge in [-0.25, -0.2) is 4.39 Å². The van der Waals surface area contributed by atoms with Gasteiger partial charge in [-0.1, -0.05) is 0 Å². The summed E-state index contributed by atoms with van der Waals surface area (Å²) >= 11 is 0. The first kappa shape index (κ1) is 16.6. The van der Waals surface area contributed by atoms with Gasteiger partial charge in [0.15, 0.2) is 0 Å². The Labute approximate surface area is 140 Å². The fraction of sp³-hybridized carbons (Fsp3) is 0.412. The number of hydrogen-bond acceptors (Lipinski definition) is 4. The molecular formula is C17H21FN4O2. The molecule has 24 heavy (non-hydrogen) atoms. The predicted molar refractivity (Wildman–Crippen MR) is 88.2 cm³/mol. The molecule has 1 aromatic heterocycles. The van der Waals surface area contributed by atoms with Crippen LogP contribution in [0.1, 0.15) is 17.4 Å². The highest BCUT2D eigenvalue weighted by Gasteiger charge is 2.17. The molecule has 0 radical (unpaired) electrons. The van der Waals surface area contributed by atoms with Gasteiger partial charge in [-0.15, -0.1) is 0 Å². The van der Waals surface area contributed by atoms with Crippen molar-refractivity contribution in [2.45, 2.75) is 13.0 Å². The molecule has 0 saturated carbocycles. The van der Waals surface area contributed by atoms with Crippen molar-refractivity contribution in [3.63, 3.8) is 0 Å². The lowest BCUT2D eigenvalue weighted by atomic mass is 10.1. The van der Waals surface area contributed by atoms with E-state index in [0.29, 0.717) is 11.4 Å². The van der Waals surface area contributed by atoms with Gasteiger partial charge in [-0.3, -0.25) is 14.8 Å². The fourth-order valence-corrected chi connectivity index (χ4v) is 2.72. The molecule has 1 saturated heterocycles. The zero-order valence-corrected chi connectivity index (χ0v) is 13.6. The smallest absolute Gasteiger partial charge is 0.269 e. The zero-order chi connectivity index (χ0) is 16.9. The Hall–Kier alpha value is -2.25. The van der Waals surface area contributed by atoms with Gasteiger partial charge in [-0.2, -0.15) is 5.10 Å². The molecule has 1 fully saturated rings. The number of halogens is 1. The molecule has 1 atom stereocenters. The van der Waals surface area contributed by atoms with E-state index < -0.39 is 0 Å². The minimum atomic E-state index is -0.302. The number of amides is 1. The zero-order valence-electron chi connectivity index (χ0n) is 13.6. The topological polar surface area (TPSA) is 70.2 Å². The molecule has 7 heteroatoms. The number of aromatic amines is 1. The van der Waals surface area contributed by atoms with Crippen molar-refractivity contribution in [3.8, 4) is 11.3 Å². The Bertz CT molecular complexity index is 680. The Balaban J connectivity index is 1.58. The average Bonchev–Trinajstić information content (AvgIpc) is 3.06. The molecule has 0 unspecified atom stereocenters. The minimum Gasteiger partial charge on any atom is -0.379 e. The van der Waals surface area contributed by atoms with Gasteiger partial charge >= 0.3 is 0 Å². The second-order valence-electron chi connectivity index (χ2n) is 5.96. The first-order chi connectivity index (χ1) is 11.6. The lowest BCUT2D eigenvalue weighted by Crippen LogP contribution is -2.46. The van der Waals surface area contributed by atoms with E-state index in [1.807, 2.05) is 6.92 Å². The van der Waals surface area contributed by atoms with Crippen molar-refractivity contribution in [3.05, 3.63) is 41.8 Å². The summed E-state index contributed by atoms with van der Waals surface area (Å²) in [4.78, 5) is 14.6. The van der Waals surface area contributed by atoms with Crippen LogP contribution in [0.2, 0.25) is 0 Å². The number of aromatic nitrogens is 2. The van der Waals surface area contributed by atoms with Crippen molar-refractivity contribution in [1.29, 1.82) is 0 Å². The summed E-state index contributed by atoms with van der Waals surface area (Å²) in [6.45, 7) is 6.02. The van der Waals surface area contributed by atoms with E-state index in [4.69, 9.17) is 4.74 Å². The number of hydrogen-bond donors (Lipinski definition) is 2. The summed E-state index contributed by atoms with van der Waals surface area (Å²) in [5.74, 6) is -0.499. The third-order valence-electron chi connectivity index (χ3n) is 3.98. The average molecular weight is 332 g/mol. The quantitative estimate of drug-likeness (QED) is 0.874. The summed E-state index contributed by atoms with van der Waals surface area (Å²) < 4.78 is 18.3.